The number of hydrogen-bond donors (Lipinski definition) is 2. The second kappa shape index (κ2) is 3.15. The van der Waals surface area contributed by atoms with Gasteiger partial charge in [-0.25, -0.2) is 4.98 Å². The summed E-state index contributed by atoms with van der Waals surface area (Å²) in [4.78, 5) is 4.39. The Morgan fingerprint density at radius 2 is 2.36 bits per heavy atom. The van der Waals surface area contributed by atoms with Gasteiger partial charge in [0.1, 0.15) is 5.82 Å². The van der Waals surface area contributed by atoms with Crippen LogP contribution in [0.3, 0.4) is 0 Å². The van der Waals surface area contributed by atoms with Gasteiger partial charge >= 0.3 is 0 Å². The molecule has 1 aliphatic rings. The Bertz CT molecular complexity index is 348. The van der Waals surface area contributed by atoms with Gasteiger partial charge in [-0.05, 0) is 31.9 Å². The van der Waals surface area contributed by atoms with Crippen molar-refractivity contribution in [1.82, 2.24) is 4.98 Å². The second-order valence-electron chi connectivity index (χ2n) is 4.30. The maximum Gasteiger partial charge on any atom is 0.149 e. The smallest absolute Gasteiger partial charge is 0.149 e. The third-order valence-electron chi connectivity index (χ3n) is 2.89. The number of hydrogen-bond acceptors (Lipinski definition) is 3. The lowest BCUT2D eigenvalue weighted by Crippen LogP contribution is -2.44. The molecule has 0 spiro atoms. The van der Waals surface area contributed by atoms with E-state index in [-0.39, 0.29) is 5.54 Å². The number of pyridine rings is 1. The number of aryl methyl sites for hydroxylation is 1. The van der Waals surface area contributed by atoms with Gasteiger partial charge < -0.3 is 10.6 Å². The number of fused-ring (bicyclic) bond motifs is 1. The van der Waals surface area contributed by atoms with E-state index in [2.05, 4.69) is 42.5 Å². The molecule has 0 aliphatic carbocycles. The van der Waals surface area contributed by atoms with Crippen molar-refractivity contribution in [3.63, 3.8) is 0 Å². The normalized spacial score (nSPS) is 24.8. The quantitative estimate of drug-likeness (QED) is 0.715. The van der Waals surface area contributed by atoms with Gasteiger partial charge in [-0.3, -0.25) is 0 Å². The van der Waals surface area contributed by atoms with Crippen molar-refractivity contribution in [2.75, 3.05) is 17.2 Å². The minimum atomic E-state index is 0.134. The van der Waals surface area contributed by atoms with Crippen molar-refractivity contribution in [2.45, 2.75) is 32.7 Å². The monoisotopic (exact) mass is 191 g/mol. The van der Waals surface area contributed by atoms with Crippen LogP contribution in [-0.2, 0) is 0 Å². The van der Waals surface area contributed by atoms with Crippen LogP contribution in [0, 0.1) is 6.92 Å². The lowest BCUT2D eigenvalue weighted by Gasteiger charge is -2.36. The van der Waals surface area contributed by atoms with Crippen molar-refractivity contribution in [2.24, 2.45) is 0 Å². The van der Waals surface area contributed by atoms with Crippen molar-refractivity contribution in [1.29, 1.82) is 0 Å². The molecule has 3 nitrogen and oxygen atoms in total. The summed E-state index contributed by atoms with van der Waals surface area (Å²) >= 11 is 0. The maximum atomic E-state index is 4.39. The molecule has 2 N–H and O–H groups in total. The summed E-state index contributed by atoms with van der Waals surface area (Å²) in [6.07, 6.45) is 2.99. The van der Waals surface area contributed by atoms with Crippen molar-refractivity contribution in [3.05, 3.63) is 17.8 Å². The van der Waals surface area contributed by atoms with Gasteiger partial charge in [0.2, 0.25) is 0 Å². The van der Waals surface area contributed by atoms with Crippen molar-refractivity contribution in [3.8, 4) is 0 Å². The van der Waals surface area contributed by atoms with Crippen LogP contribution in [-0.4, -0.2) is 17.1 Å². The zero-order valence-electron chi connectivity index (χ0n) is 9.02. The highest BCUT2D eigenvalue weighted by molar-refractivity contribution is 5.68. The van der Waals surface area contributed by atoms with E-state index in [1.807, 2.05) is 6.20 Å². The zero-order valence-corrected chi connectivity index (χ0v) is 9.02. The topological polar surface area (TPSA) is 37.0 Å². The molecule has 76 valence electrons. The van der Waals surface area contributed by atoms with Crippen LogP contribution in [0.1, 0.15) is 25.8 Å². The highest BCUT2D eigenvalue weighted by Crippen LogP contribution is 2.29. The fourth-order valence-corrected chi connectivity index (χ4v) is 1.64. The number of nitrogens with one attached hydrogen (secondary N) is 2. The summed E-state index contributed by atoms with van der Waals surface area (Å²) in [5.74, 6) is 0.978. The SMILES string of the molecule is CCC1(C)CNc2cc(C)cnc2N1. The van der Waals surface area contributed by atoms with Crippen LogP contribution in [0.5, 0.6) is 0 Å². The van der Waals surface area contributed by atoms with E-state index in [0.29, 0.717) is 0 Å². The van der Waals surface area contributed by atoms with E-state index in [1.54, 1.807) is 0 Å². The summed E-state index contributed by atoms with van der Waals surface area (Å²) in [6.45, 7) is 7.42. The number of anilines is 2. The first-order valence-corrected chi connectivity index (χ1v) is 5.12. The van der Waals surface area contributed by atoms with Gasteiger partial charge in [-0.2, -0.15) is 0 Å². The molecule has 14 heavy (non-hydrogen) atoms. The molecule has 1 aromatic heterocycles. The van der Waals surface area contributed by atoms with E-state index in [4.69, 9.17) is 0 Å². The molecule has 2 rings (SSSR count). The predicted octanol–water partition coefficient (Wildman–Crippen LogP) is 2.40. The Hall–Kier alpha value is -1.25. The van der Waals surface area contributed by atoms with Gasteiger partial charge in [-0.1, -0.05) is 6.92 Å². The van der Waals surface area contributed by atoms with Crippen molar-refractivity contribution >= 4 is 11.5 Å². The molecule has 0 fully saturated rings. The molecule has 1 aliphatic heterocycles. The highest BCUT2D eigenvalue weighted by Gasteiger charge is 2.27. The first kappa shape index (κ1) is 9.31. The summed E-state index contributed by atoms with van der Waals surface area (Å²) in [6, 6.07) is 2.13. The van der Waals surface area contributed by atoms with Gasteiger partial charge in [0.05, 0.1) is 11.2 Å². The van der Waals surface area contributed by atoms with Crippen LogP contribution in [0.4, 0.5) is 11.5 Å². The van der Waals surface area contributed by atoms with E-state index in [0.717, 1.165) is 24.5 Å². The Morgan fingerprint density at radius 1 is 1.57 bits per heavy atom. The Balaban J connectivity index is 2.31. The molecule has 0 radical (unpaired) electrons. The summed E-state index contributed by atoms with van der Waals surface area (Å²) in [5.41, 5.74) is 2.45. The van der Waals surface area contributed by atoms with Crippen LogP contribution < -0.4 is 10.6 Å². The average Bonchev–Trinajstić information content (AvgIpc) is 2.19. The molecule has 0 aromatic carbocycles. The molecule has 0 saturated heterocycles. The molecular formula is C11H17N3. The molecule has 0 bridgehead atoms. The molecular weight excluding hydrogens is 174 g/mol. The van der Waals surface area contributed by atoms with Crippen LogP contribution in [0.2, 0.25) is 0 Å². The van der Waals surface area contributed by atoms with Gasteiger partial charge in [0, 0.05) is 12.7 Å². The third kappa shape index (κ3) is 1.54. The van der Waals surface area contributed by atoms with E-state index in [9.17, 15) is 0 Å². The number of rotatable bonds is 1. The molecule has 3 heteroatoms. The van der Waals surface area contributed by atoms with Crippen LogP contribution in [0.25, 0.3) is 0 Å². The van der Waals surface area contributed by atoms with Gasteiger partial charge in [0.25, 0.3) is 0 Å². The molecule has 1 aromatic rings. The molecule has 0 amide bonds. The minimum Gasteiger partial charge on any atom is -0.380 e. The Kier molecular flexibility index (Phi) is 2.10. The van der Waals surface area contributed by atoms with Crippen LogP contribution >= 0.6 is 0 Å². The van der Waals surface area contributed by atoms with Crippen LogP contribution in [0.15, 0.2) is 12.3 Å². The van der Waals surface area contributed by atoms with Crippen molar-refractivity contribution < 1.29 is 0 Å². The maximum absolute atomic E-state index is 4.39. The first-order chi connectivity index (χ1) is 6.63. The Morgan fingerprint density at radius 3 is 3.07 bits per heavy atom. The van der Waals surface area contributed by atoms with E-state index in [1.165, 1.54) is 5.56 Å². The standard InChI is InChI=1S/C11H17N3/c1-4-11(3)7-13-9-5-8(2)6-12-10(9)14-11/h5-6,13H,4,7H2,1-3H3,(H,12,14). The first-order valence-electron chi connectivity index (χ1n) is 5.12. The van der Waals surface area contributed by atoms with Gasteiger partial charge in [0.15, 0.2) is 0 Å². The minimum absolute atomic E-state index is 0.134. The van der Waals surface area contributed by atoms with Gasteiger partial charge in [-0.15, -0.1) is 0 Å². The summed E-state index contributed by atoms with van der Waals surface area (Å²) < 4.78 is 0. The molecule has 1 unspecified atom stereocenters. The number of nitrogens with zero attached hydrogens (tertiary/aromatic N) is 1. The zero-order chi connectivity index (χ0) is 10.2. The molecule has 2 heterocycles. The van der Waals surface area contributed by atoms with E-state index < -0.39 is 0 Å². The fraction of sp³-hybridized carbons (Fsp3) is 0.545. The second-order valence-corrected chi connectivity index (χ2v) is 4.30. The fourth-order valence-electron chi connectivity index (χ4n) is 1.64. The third-order valence-corrected chi connectivity index (χ3v) is 2.89. The largest absolute Gasteiger partial charge is 0.380 e. The number of aromatic nitrogens is 1. The summed E-state index contributed by atoms with van der Waals surface area (Å²) in [7, 11) is 0. The lowest BCUT2D eigenvalue weighted by atomic mass is 9.96. The summed E-state index contributed by atoms with van der Waals surface area (Å²) in [5, 5.41) is 6.90. The highest BCUT2D eigenvalue weighted by atomic mass is 15.1. The average molecular weight is 191 g/mol. The lowest BCUT2D eigenvalue weighted by molar-refractivity contribution is 0.511. The predicted molar refractivity (Wildman–Crippen MR) is 59.8 cm³/mol. The molecule has 1 atom stereocenters. The Labute approximate surface area is 84.9 Å². The van der Waals surface area contributed by atoms with E-state index >= 15 is 0 Å². The molecule has 0 saturated carbocycles.